The molecule has 0 radical (unpaired) electrons. The fraction of sp³-hybridized carbons (Fsp3) is 0.833. The van der Waals surface area contributed by atoms with Gasteiger partial charge < -0.3 is 10.2 Å². The predicted molar refractivity (Wildman–Crippen MR) is 61.2 cm³/mol. The van der Waals surface area contributed by atoms with E-state index in [4.69, 9.17) is 0 Å². The Hall–Kier alpha value is -1.27. The molecule has 19 heavy (non-hydrogen) atoms. The highest BCUT2D eigenvalue weighted by Crippen LogP contribution is 2.35. The molecular weight excluding hydrogens is 261 g/mol. The van der Waals surface area contributed by atoms with Crippen molar-refractivity contribution in [3.8, 4) is 0 Å². The Labute approximate surface area is 109 Å². The van der Waals surface area contributed by atoms with Crippen LogP contribution >= 0.6 is 0 Å². The monoisotopic (exact) mass is 278 g/mol. The van der Waals surface area contributed by atoms with Crippen molar-refractivity contribution < 1.29 is 22.8 Å². The van der Waals surface area contributed by atoms with Gasteiger partial charge in [-0.05, 0) is 19.8 Å². The number of rotatable bonds is 2. The number of halogens is 3. The van der Waals surface area contributed by atoms with Gasteiger partial charge in [-0.1, -0.05) is 12.8 Å². The van der Waals surface area contributed by atoms with Crippen LogP contribution in [0.4, 0.5) is 13.2 Å². The molecule has 2 amide bonds. The van der Waals surface area contributed by atoms with Crippen molar-refractivity contribution in [3.63, 3.8) is 0 Å². The average Bonchev–Trinajstić information content (AvgIpc) is 2.70. The van der Waals surface area contributed by atoms with E-state index >= 15 is 0 Å². The van der Waals surface area contributed by atoms with Crippen molar-refractivity contribution in [2.24, 2.45) is 0 Å². The Bertz CT molecular complexity index is 389. The van der Waals surface area contributed by atoms with E-state index < -0.39 is 24.2 Å². The highest BCUT2D eigenvalue weighted by atomic mass is 19.4. The molecule has 2 aliphatic rings. The number of carbonyl (C=O) groups excluding carboxylic acids is 2. The Balaban J connectivity index is 2.16. The average molecular weight is 278 g/mol. The van der Waals surface area contributed by atoms with E-state index in [1.165, 1.54) is 6.92 Å². The van der Waals surface area contributed by atoms with E-state index in [0.717, 1.165) is 17.7 Å². The van der Waals surface area contributed by atoms with Gasteiger partial charge in [-0.25, -0.2) is 0 Å². The van der Waals surface area contributed by atoms with Gasteiger partial charge in [-0.3, -0.25) is 9.59 Å². The minimum absolute atomic E-state index is 0.280. The number of piperazine rings is 1. The molecule has 0 bridgehead atoms. The number of hydrogen-bond acceptors (Lipinski definition) is 2. The van der Waals surface area contributed by atoms with Crippen LogP contribution in [0.15, 0.2) is 0 Å². The minimum Gasteiger partial charge on any atom is -0.340 e. The fourth-order valence-corrected chi connectivity index (χ4v) is 2.98. The minimum atomic E-state index is -4.34. The Morgan fingerprint density at radius 2 is 1.89 bits per heavy atom. The summed E-state index contributed by atoms with van der Waals surface area (Å²) in [5.41, 5.74) is -0.949. The standard InChI is InChI=1S/C12H17F3N2O2/c1-8(6-12(13,14)15)17-7-9(18)16-11(10(17)19)4-2-3-5-11/h8H,2-7H2,1H3,(H,16,18). The Kier molecular flexibility index (Phi) is 3.49. The second-order valence-electron chi connectivity index (χ2n) is 5.44. The molecule has 1 saturated heterocycles. The summed E-state index contributed by atoms with van der Waals surface area (Å²) in [6, 6.07) is -1.00. The molecular formula is C12H17F3N2O2. The van der Waals surface area contributed by atoms with Crippen LogP contribution in [-0.2, 0) is 9.59 Å². The Morgan fingerprint density at radius 3 is 2.42 bits per heavy atom. The number of nitrogens with zero attached hydrogens (tertiary/aromatic N) is 1. The van der Waals surface area contributed by atoms with E-state index in [2.05, 4.69) is 5.32 Å². The summed E-state index contributed by atoms with van der Waals surface area (Å²) >= 11 is 0. The molecule has 1 atom stereocenters. The number of nitrogens with one attached hydrogen (secondary N) is 1. The SMILES string of the molecule is CC(CC(F)(F)F)N1CC(=O)NC2(CCCC2)C1=O. The van der Waals surface area contributed by atoms with Crippen LogP contribution in [0, 0.1) is 0 Å². The topological polar surface area (TPSA) is 49.4 Å². The molecule has 1 spiro atoms. The van der Waals surface area contributed by atoms with E-state index in [0.29, 0.717) is 12.8 Å². The first kappa shape index (κ1) is 14.1. The van der Waals surface area contributed by atoms with Crippen molar-refractivity contribution in [2.45, 2.75) is 56.8 Å². The summed E-state index contributed by atoms with van der Waals surface area (Å²) in [5.74, 6) is -0.725. The smallest absolute Gasteiger partial charge is 0.340 e. The van der Waals surface area contributed by atoms with E-state index in [1.54, 1.807) is 0 Å². The summed E-state index contributed by atoms with van der Waals surface area (Å²) in [6.07, 6.45) is -2.75. The van der Waals surface area contributed by atoms with E-state index in [1.807, 2.05) is 0 Å². The predicted octanol–water partition coefficient (Wildman–Crippen LogP) is 1.60. The summed E-state index contributed by atoms with van der Waals surface area (Å²) in [4.78, 5) is 25.1. The normalized spacial score (nSPS) is 24.7. The lowest BCUT2D eigenvalue weighted by Crippen LogP contribution is -2.67. The van der Waals surface area contributed by atoms with Crippen LogP contribution in [0.1, 0.15) is 39.0 Å². The van der Waals surface area contributed by atoms with Crippen LogP contribution in [0.3, 0.4) is 0 Å². The zero-order chi connectivity index (χ0) is 14.3. The van der Waals surface area contributed by atoms with Crippen molar-refractivity contribution in [1.82, 2.24) is 10.2 Å². The van der Waals surface area contributed by atoms with Gasteiger partial charge in [0.1, 0.15) is 5.54 Å². The van der Waals surface area contributed by atoms with Crippen LogP contribution in [0.2, 0.25) is 0 Å². The summed E-state index contributed by atoms with van der Waals surface area (Å²) in [6.45, 7) is 1.06. The van der Waals surface area contributed by atoms with Crippen molar-refractivity contribution in [2.75, 3.05) is 6.54 Å². The number of alkyl halides is 3. The zero-order valence-electron chi connectivity index (χ0n) is 10.7. The molecule has 1 aliphatic carbocycles. The lowest BCUT2D eigenvalue weighted by Gasteiger charge is -2.42. The maximum absolute atomic E-state index is 12.4. The van der Waals surface area contributed by atoms with Gasteiger partial charge in [0.25, 0.3) is 0 Å². The van der Waals surface area contributed by atoms with Crippen molar-refractivity contribution in [3.05, 3.63) is 0 Å². The molecule has 1 saturated carbocycles. The summed E-state index contributed by atoms with van der Waals surface area (Å²) in [7, 11) is 0. The second kappa shape index (κ2) is 4.68. The quantitative estimate of drug-likeness (QED) is 0.834. The Morgan fingerprint density at radius 1 is 1.32 bits per heavy atom. The molecule has 0 aromatic heterocycles. The highest BCUT2D eigenvalue weighted by molar-refractivity contribution is 5.98. The van der Waals surface area contributed by atoms with Gasteiger partial charge in [0.05, 0.1) is 13.0 Å². The maximum atomic E-state index is 12.4. The van der Waals surface area contributed by atoms with Crippen LogP contribution in [0.5, 0.6) is 0 Å². The molecule has 0 aromatic rings. The van der Waals surface area contributed by atoms with Crippen LogP contribution in [-0.4, -0.2) is 41.0 Å². The first-order chi connectivity index (χ1) is 8.73. The zero-order valence-corrected chi connectivity index (χ0v) is 10.7. The maximum Gasteiger partial charge on any atom is 0.391 e. The third kappa shape index (κ3) is 2.84. The molecule has 2 rings (SSSR count). The second-order valence-corrected chi connectivity index (χ2v) is 5.44. The first-order valence-corrected chi connectivity index (χ1v) is 6.42. The van der Waals surface area contributed by atoms with Gasteiger partial charge in [0.2, 0.25) is 11.8 Å². The number of hydrogen-bond donors (Lipinski definition) is 1. The van der Waals surface area contributed by atoms with Gasteiger partial charge in [0.15, 0.2) is 0 Å². The number of amides is 2. The first-order valence-electron chi connectivity index (χ1n) is 6.42. The van der Waals surface area contributed by atoms with Gasteiger partial charge in [0, 0.05) is 6.04 Å². The molecule has 0 aromatic carbocycles. The van der Waals surface area contributed by atoms with Crippen molar-refractivity contribution >= 4 is 11.8 Å². The lowest BCUT2D eigenvalue weighted by atomic mass is 9.92. The molecule has 1 N–H and O–H groups in total. The lowest BCUT2D eigenvalue weighted by molar-refractivity contribution is -0.164. The summed E-state index contributed by atoms with van der Waals surface area (Å²) in [5, 5.41) is 2.68. The van der Waals surface area contributed by atoms with E-state index in [-0.39, 0.29) is 18.4 Å². The fourth-order valence-electron chi connectivity index (χ4n) is 2.98. The molecule has 1 unspecified atom stereocenters. The molecule has 4 nitrogen and oxygen atoms in total. The molecule has 7 heteroatoms. The highest BCUT2D eigenvalue weighted by Gasteiger charge is 2.50. The molecule has 1 heterocycles. The third-order valence-electron chi connectivity index (χ3n) is 3.88. The van der Waals surface area contributed by atoms with Crippen LogP contribution < -0.4 is 5.32 Å². The summed E-state index contributed by atoms with van der Waals surface area (Å²) < 4.78 is 37.2. The van der Waals surface area contributed by atoms with Gasteiger partial charge in [-0.2, -0.15) is 13.2 Å². The molecule has 108 valence electrons. The van der Waals surface area contributed by atoms with Gasteiger partial charge >= 0.3 is 6.18 Å². The van der Waals surface area contributed by atoms with Crippen LogP contribution in [0.25, 0.3) is 0 Å². The molecule has 2 fully saturated rings. The third-order valence-corrected chi connectivity index (χ3v) is 3.88. The van der Waals surface area contributed by atoms with Gasteiger partial charge in [-0.15, -0.1) is 0 Å². The largest absolute Gasteiger partial charge is 0.391 e. The molecule has 1 aliphatic heterocycles. The van der Waals surface area contributed by atoms with E-state index in [9.17, 15) is 22.8 Å². The number of carbonyl (C=O) groups is 2. The van der Waals surface area contributed by atoms with Crippen molar-refractivity contribution in [1.29, 1.82) is 0 Å².